The number of rotatable bonds is 7. The molecule has 1 rings (SSSR count). The molecule has 0 aromatic heterocycles. The lowest BCUT2D eigenvalue weighted by atomic mass is 10.0. The molecule has 1 unspecified atom stereocenters. The van der Waals surface area contributed by atoms with Crippen molar-refractivity contribution in [2.45, 2.75) is 46.3 Å². The standard InChI is InChI=1S/C15H24N2O2/c1-11(2)8-12(3)19-10-14-7-5-4-6-13(14)9-15(18)17-16/h4-7,11-12H,8-10,16H2,1-3H3,(H,17,18). The van der Waals surface area contributed by atoms with Gasteiger partial charge in [-0.15, -0.1) is 0 Å². The minimum Gasteiger partial charge on any atom is -0.374 e. The first-order chi connectivity index (χ1) is 9.02. The van der Waals surface area contributed by atoms with Gasteiger partial charge in [-0.2, -0.15) is 0 Å². The fourth-order valence-electron chi connectivity index (χ4n) is 2.06. The van der Waals surface area contributed by atoms with Crippen LogP contribution in [0.15, 0.2) is 24.3 Å². The topological polar surface area (TPSA) is 64.3 Å². The normalized spacial score (nSPS) is 12.5. The van der Waals surface area contributed by atoms with Gasteiger partial charge < -0.3 is 4.74 Å². The highest BCUT2D eigenvalue weighted by Crippen LogP contribution is 2.14. The summed E-state index contributed by atoms with van der Waals surface area (Å²) in [6, 6.07) is 7.79. The van der Waals surface area contributed by atoms with E-state index in [2.05, 4.69) is 26.2 Å². The minimum absolute atomic E-state index is 0.192. The SMILES string of the molecule is CC(C)CC(C)OCc1ccccc1CC(=O)NN. The summed E-state index contributed by atoms with van der Waals surface area (Å²) in [5.41, 5.74) is 4.16. The van der Waals surface area contributed by atoms with Gasteiger partial charge in [0.05, 0.1) is 19.1 Å². The number of amides is 1. The Morgan fingerprint density at radius 3 is 2.47 bits per heavy atom. The largest absolute Gasteiger partial charge is 0.374 e. The van der Waals surface area contributed by atoms with Crippen LogP contribution in [0.3, 0.4) is 0 Å². The van der Waals surface area contributed by atoms with Crippen LogP contribution in [-0.2, 0) is 22.6 Å². The van der Waals surface area contributed by atoms with Gasteiger partial charge in [0.15, 0.2) is 0 Å². The van der Waals surface area contributed by atoms with Gasteiger partial charge in [-0.25, -0.2) is 5.84 Å². The van der Waals surface area contributed by atoms with Crippen molar-refractivity contribution in [3.05, 3.63) is 35.4 Å². The molecule has 1 amide bonds. The van der Waals surface area contributed by atoms with E-state index in [4.69, 9.17) is 10.6 Å². The van der Waals surface area contributed by atoms with Crippen LogP contribution in [-0.4, -0.2) is 12.0 Å². The average Bonchev–Trinajstić information content (AvgIpc) is 2.36. The molecule has 0 aliphatic heterocycles. The molecule has 0 saturated carbocycles. The zero-order chi connectivity index (χ0) is 14.3. The first kappa shape index (κ1) is 15.7. The Balaban J connectivity index is 2.60. The zero-order valence-electron chi connectivity index (χ0n) is 12.0. The summed E-state index contributed by atoms with van der Waals surface area (Å²) >= 11 is 0. The Hall–Kier alpha value is -1.39. The van der Waals surface area contributed by atoms with Crippen molar-refractivity contribution in [3.8, 4) is 0 Å². The molecule has 1 atom stereocenters. The maximum absolute atomic E-state index is 11.3. The summed E-state index contributed by atoms with van der Waals surface area (Å²) in [5.74, 6) is 5.54. The molecule has 0 bridgehead atoms. The lowest BCUT2D eigenvalue weighted by Crippen LogP contribution is -2.31. The Bertz CT molecular complexity index is 405. The molecule has 0 heterocycles. The smallest absolute Gasteiger partial charge is 0.238 e. The van der Waals surface area contributed by atoms with Crippen molar-refractivity contribution < 1.29 is 9.53 Å². The predicted molar refractivity (Wildman–Crippen MR) is 76.2 cm³/mol. The number of carbonyl (C=O) groups is 1. The summed E-state index contributed by atoms with van der Waals surface area (Å²) in [6.45, 7) is 6.97. The molecule has 0 aliphatic carbocycles. The molecule has 0 fully saturated rings. The Labute approximate surface area is 115 Å². The molecule has 106 valence electrons. The number of benzene rings is 1. The van der Waals surface area contributed by atoms with Gasteiger partial charge in [0.2, 0.25) is 5.91 Å². The van der Waals surface area contributed by atoms with Gasteiger partial charge in [-0.3, -0.25) is 10.2 Å². The highest BCUT2D eigenvalue weighted by Gasteiger charge is 2.09. The summed E-state index contributed by atoms with van der Waals surface area (Å²) < 4.78 is 5.83. The van der Waals surface area contributed by atoms with Crippen molar-refractivity contribution in [2.75, 3.05) is 0 Å². The number of hydrazine groups is 1. The Morgan fingerprint density at radius 1 is 1.26 bits per heavy atom. The first-order valence-corrected chi connectivity index (χ1v) is 6.70. The van der Waals surface area contributed by atoms with Crippen LogP contribution >= 0.6 is 0 Å². The number of hydrogen-bond acceptors (Lipinski definition) is 3. The van der Waals surface area contributed by atoms with E-state index >= 15 is 0 Å². The summed E-state index contributed by atoms with van der Waals surface area (Å²) in [4.78, 5) is 11.3. The molecule has 1 aromatic carbocycles. The fraction of sp³-hybridized carbons (Fsp3) is 0.533. The Kier molecular flexibility index (Phi) is 6.53. The summed E-state index contributed by atoms with van der Waals surface area (Å²) in [7, 11) is 0. The third-order valence-electron chi connectivity index (χ3n) is 2.96. The summed E-state index contributed by atoms with van der Waals surface area (Å²) in [6.07, 6.45) is 1.54. The minimum atomic E-state index is -0.192. The van der Waals surface area contributed by atoms with Crippen LogP contribution in [0.5, 0.6) is 0 Å². The monoisotopic (exact) mass is 264 g/mol. The zero-order valence-corrected chi connectivity index (χ0v) is 12.0. The van der Waals surface area contributed by atoms with Crippen LogP contribution in [0.1, 0.15) is 38.3 Å². The van der Waals surface area contributed by atoms with Gasteiger partial charge in [0.1, 0.15) is 0 Å². The van der Waals surface area contributed by atoms with Gasteiger partial charge in [0.25, 0.3) is 0 Å². The van der Waals surface area contributed by atoms with Crippen molar-refractivity contribution >= 4 is 5.91 Å². The highest BCUT2D eigenvalue weighted by molar-refractivity contribution is 5.78. The van der Waals surface area contributed by atoms with Crippen LogP contribution in [0.2, 0.25) is 0 Å². The molecule has 0 spiro atoms. The maximum atomic E-state index is 11.3. The van der Waals surface area contributed by atoms with Crippen LogP contribution in [0.4, 0.5) is 0 Å². The first-order valence-electron chi connectivity index (χ1n) is 6.70. The summed E-state index contributed by atoms with van der Waals surface area (Å²) in [5, 5.41) is 0. The molecule has 19 heavy (non-hydrogen) atoms. The van der Waals surface area contributed by atoms with Crippen LogP contribution in [0.25, 0.3) is 0 Å². The molecule has 0 saturated heterocycles. The molecule has 1 aromatic rings. The second-order valence-corrected chi connectivity index (χ2v) is 5.26. The number of carbonyl (C=O) groups excluding carboxylic acids is 1. The van der Waals surface area contributed by atoms with E-state index in [1.165, 1.54) is 0 Å². The van der Waals surface area contributed by atoms with Crippen LogP contribution < -0.4 is 11.3 Å². The van der Waals surface area contributed by atoms with Crippen molar-refractivity contribution in [1.29, 1.82) is 0 Å². The maximum Gasteiger partial charge on any atom is 0.238 e. The lowest BCUT2D eigenvalue weighted by Gasteiger charge is -2.16. The van der Waals surface area contributed by atoms with Gasteiger partial charge in [-0.05, 0) is 30.4 Å². The second-order valence-electron chi connectivity index (χ2n) is 5.26. The van der Waals surface area contributed by atoms with Gasteiger partial charge in [-0.1, -0.05) is 38.1 Å². The molecule has 0 aliphatic rings. The number of hydrogen-bond donors (Lipinski definition) is 2. The third kappa shape index (κ3) is 5.85. The number of nitrogens with one attached hydrogen (secondary N) is 1. The molecular formula is C15H24N2O2. The average molecular weight is 264 g/mol. The van der Waals surface area contributed by atoms with E-state index in [0.717, 1.165) is 17.5 Å². The van der Waals surface area contributed by atoms with Crippen molar-refractivity contribution in [1.82, 2.24) is 5.43 Å². The second kappa shape index (κ2) is 7.92. The van der Waals surface area contributed by atoms with E-state index in [0.29, 0.717) is 12.5 Å². The van der Waals surface area contributed by atoms with Gasteiger partial charge in [0, 0.05) is 0 Å². The van der Waals surface area contributed by atoms with E-state index < -0.39 is 0 Å². The van der Waals surface area contributed by atoms with Crippen molar-refractivity contribution in [2.24, 2.45) is 11.8 Å². The lowest BCUT2D eigenvalue weighted by molar-refractivity contribution is -0.120. The molecule has 3 N–H and O–H groups in total. The third-order valence-corrected chi connectivity index (χ3v) is 2.96. The van der Waals surface area contributed by atoms with Crippen LogP contribution in [0, 0.1) is 5.92 Å². The quantitative estimate of drug-likeness (QED) is 0.450. The molecule has 4 nitrogen and oxygen atoms in total. The molecular weight excluding hydrogens is 240 g/mol. The highest BCUT2D eigenvalue weighted by atomic mass is 16.5. The molecule has 4 heteroatoms. The predicted octanol–water partition coefficient (Wildman–Crippen LogP) is 2.17. The van der Waals surface area contributed by atoms with E-state index in [-0.39, 0.29) is 18.4 Å². The Morgan fingerprint density at radius 2 is 1.89 bits per heavy atom. The van der Waals surface area contributed by atoms with E-state index in [9.17, 15) is 4.79 Å². The van der Waals surface area contributed by atoms with Crippen molar-refractivity contribution in [3.63, 3.8) is 0 Å². The van der Waals surface area contributed by atoms with Gasteiger partial charge >= 0.3 is 0 Å². The molecule has 0 radical (unpaired) electrons. The number of ether oxygens (including phenoxy) is 1. The number of nitrogens with two attached hydrogens (primary N) is 1. The van der Waals surface area contributed by atoms with E-state index in [1.54, 1.807) is 0 Å². The fourth-order valence-corrected chi connectivity index (χ4v) is 2.06. The van der Waals surface area contributed by atoms with E-state index in [1.807, 2.05) is 24.3 Å².